The van der Waals surface area contributed by atoms with Crippen LogP contribution >= 0.6 is 11.8 Å². The fourth-order valence-corrected chi connectivity index (χ4v) is 4.38. The number of benzene rings is 1. The number of hydrogen-bond donors (Lipinski definition) is 1. The van der Waals surface area contributed by atoms with E-state index in [1.165, 1.54) is 35.1 Å². The van der Waals surface area contributed by atoms with Crippen LogP contribution in [0.2, 0.25) is 0 Å². The summed E-state index contributed by atoms with van der Waals surface area (Å²) in [5.74, 6) is 2.24. The van der Waals surface area contributed by atoms with Crippen molar-refractivity contribution in [3.05, 3.63) is 34.4 Å². The fourth-order valence-electron chi connectivity index (χ4n) is 3.14. The summed E-state index contributed by atoms with van der Waals surface area (Å²) in [6.07, 6.45) is 2.95. The monoisotopic (exact) mass is 293 g/mol. The Kier molecular flexibility index (Phi) is 5.94. The predicted molar refractivity (Wildman–Crippen MR) is 88.8 cm³/mol. The molecule has 2 unspecified atom stereocenters. The molecule has 1 aliphatic heterocycles. The average Bonchev–Trinajstić information content (AvgIpc) is 2.88. The summed E-state index contributed by atoms with van der Waals surface area (Å²) in [6, 6.07) is 5.01. The van der Waals surface area contributed by atoms with E-state index in [0.717, 1.165) is 18.1 Å². The van der Waals surface area contributed by atoms with Gasteiger partial charge in [0.2, 0.25) is 0 Å². The van der Waals surface area contributed by atoms with Gasteiger partial charge in [0.25, 0.3) is 0 Å². The van der Waals surface area contributed by atoms with Crippen LogP contribution in [-0.4, -0.2) is 31.3 Å². The highest BCUT2D eigenvalue weighted by atomic mass is 32.2. The van der Waals surface area contributed by atoms with Gasteiger partial charge in [-0.05, 0) is 57.4 Å². The smallest absolute Gasteiger partial charge is 0.0666 e. The van der Waals surface area contributed by atoms with Crippen molar-refractivity contribution in [1.29, 1.82) is 0 Å². The molecule has 0 aromatic heterocycles. The van der Waals surface area contributed by atoms with E-state index in [-0.39, 0.29) is 0 Å². The first-order valence-electron chi connectivity index (χ1n) is 7.56. The van der Waals surface area contributed by atoms with Crippen molar-refractivity contribution in [3.63, 3.8) is 0 Å². The molecule has 2 rings (SSSR count). The van der Waals surface area contributed by atoms with E-state index in [0.29, 0.717) is 12.1 Å². The molecule has 1 aromatic carbocycles. The second-order valence-electron chi connectivity index (χ2n) is 5.83. The molecule has 0 aliphatic carbocycles. The number of hydrogen-bond acceptors (Lipinski definition) is 3. The van der Waals surface area contributed by atoms with Crippen molar-refractivity contribution in [2.75, 3.05) is 25.2 Å². The van der Waals surface area contributed by atoms with Gasteiger partial charge in [-0.3, -0.25) is 0 Å². The third kappa shape index (κ3) is 4.00. The molecular formula is C17H27NOS. The lowest BCUT2D eigenvalue weighted by Gasteiger charge is -2.22. The minimum atomic E-state index is 0.432. The number of rotatable bonds is 6. The van der Waals surface area contributed by atoms with E-state index in [9.17, 15) is 0 Å². The molecule has 0 saturated carbocycles. The second kappa shape index (κ2) is 7.48. The number of aryl methyl sites for hydroxylation is 3. The second-order valence-corrected chi connectivity index (χ2v) is 6.90. The standard InChI is InChI=1S/C17H27NOS/c1-12-8-13(2)17(14(3)9-12)16(18-4)11-20-10-15-6-5-7-19-15/h8-9,15-16,18H,5-7,10-11H2,1-4H3. The Labute approximate surface area is 127 Å². The van der Waals surface area contributed by atoms with E-state index in [2.05, 4.69) is 45.3 Å². The minimum Gasteiger partial charge on any atom is -0.377 e. The summed E-state index contributed by atoms with van der Waals surface area (Å²) in [5.41, 5.74) is 5.63. The Balaban J connectivity index is 1.97. The molecule has 1 saturated heterocycles. The summed E-state index contributed by atoms with van der Waals surface area (Å²) in [4.78, 5) is 0. The summed E-state index contributed by atoms with van der Waals surface area (Å²) < 4.78 is 5.70. The Morgan fingerprint density at radius 2 is 2.00 bits per heavy atom. The van der Waals surface area contributed by atoms with Crippen LogP contribution in [0.3, 0.4) is 0 Å². The molecule has 1 aliphatic rings. The van der Waals surface area contributed by atoms with E-state index < -0.39 is 0 Å². The molecule has 0 spiro atoms. The van der Waals surface area contributed by atoms with Gasteiger partial charge < -0.3 is 10.1 Å². The Bertz CT molecular complexity index is 418. The van der Waals surface area contributed by atoms with Gasteiger partial charge in [0.05, 0.1) is 6.10 Å². The Morgan fingerprint density at radius 1 is 1.30 bits per heavy atom. The highest BCUT2D eigenvalue weighted by Gasteiger charge is 2.18. The molecule has 0 bridgehead atoms. The zero-order valence-electron chi connectivity index (χ0n) is 13.2. The molecule has 0 amide bonds. The molecule has 0 radical (unpaired) electrons. The van der Waals surface area contributed by atoms with Gasteiger partial charge in [-0.2, -0.15) is 11.8 Å². The molecule has 20 heavy (non-hydrogen) atoms. The zero-order chi connectivity index (χ0) is 14.5. The minimum absolute atomic E-state index is 0.432. The van der Waals surface area contributed by atoms with Crippen molar-refractivity contribution in [2.24, 2.45) is 0 Å². The number of ether oxygens (including phenoxy) is 1. The first-order chi connectivity index (χ1) is 9.61. The maximum atomic E-state index is 5.70. The molecule has 1 fully saturated rings. The van der Waals surface area contributed by atoms with Crippen LogP contribution in [0.4, 0.5) is 0 Å². The van der Waals surface area contributed by atoms with Crippen LogP contribution in [-0.2, 0) is 4.74 Å². The summed E-state index contributed by atoms with van der Waals surface area (Å²) >= 11 is 2.01. The van der Waals surface area contributed by atoms with Crippen molar-refractivity contribution in [3.8, 4) is 0 Å². The number of nitrogens with one attached hydrogen (secondary N) is 1. The lowest BCUT2D eigenvalue weighted by molar-refractivity contribution is 0.129. The lowest BCUT2D eigenvalue weighted by atomic mass is 9.95. The normalized spacial score (nSPS) is 20.3. The summed E-state index contributed by atoms with van der Waals surface area (Å²) in [6.45, 7) is 7.58. The molecule has 1 heterocycles. The highest BCUT2D eigenvalue weighted by molar-refractivity contribution is 7.99. The Morgan fingerprint density at radius 3 is 2.55 bits per heavy atom. The largest absolute Gasteiger partial charge is 0.377 e. The van der Waals surface area contributed by atoms with Crippen LogP contribution < -0.4 is 5.32 Å². The van der Waals surface area contributed by atoms with Crippen molar-refractivity contribution >= 4 is 11.8 Å². The molecule has 2 nitrogen and oxygen atoms in total. The maximum Gasteiger partial charge on any atom is 0.0666 e. The van der Waals surface area contributed by atoms with Crippen molar-refractivity contribution in [1.82, 2.24) is 5.32 Å². The van der Waals surface area contributed by atoms with Gasteiger partial charge in [0.15, 0.2) is 0 Å². The number of thioether (sulfide) groups is 1. The highest BCUT2D eigenvalue weighted by Crippen LogP contribution is 2.27. The van der Waals surface area contributed by atoms with Crippen LogP contribution in [0, 0.1) is 20.8 Å². The van der Waals surface area contributed by atoms with Crippen molar-refractivity contribution in [2.45, 2.75) is 45.8 Å². The molecule has 2 atom stereocenters. The van der Waals surface area contributed by atoms with E-state index in [1.807, 2.05) is 11.8 Å². The quantitative estimate of drug-likeness (QED) is 0.862. The van der Waals surface area contributed by atoms with Gasteiger partial charge >= 0.3 is 0 Å². The average molecular weight is 293 g/mol. The van der Waals surface area contributed by atoms with E-state index in [1.54, 1.807) is 0 Å². The van der Waals surface area contributed by atoms with Gasteiger partial charge in [-0.25, -0.2) is 0 Å². The van der Waals surface area contributed by atoms with Gasteiger partial charge in [0, 0.05) is 24.2 Å². The van der Waals surface area contributed by atoms with Gasteiger partial charge in [-0.1, -0.05) is 17.7 Å². The van der Waals surface area contributed by atoms with E-state index in [4.69, 9.17) is 4.74 Å². The van der Waals surface area contributed by atoms with Crippen LogP contribution in [0.25, 0.3) is 0 Å². The SMILES string of the molecule is CNC(CSCC1CCCO1)c1c(C)cc(C)cc1C. The van der Waals surface area contributed by atoms with Gasteiger partial charge in [-0.15, -0.1) is 0 Å². The Hall–Kier alpha value is -0.510. The predicted octanol–water partition coefficient (Wildman–Crippen LogP) is 3.78. The molecule has 1 N–H and O–H groups in total. The first kappa shape index (κ1) is 15.9. The third-order valence-electron chi connectivity index (χ3n) is 4.05. The topological polar surface area (TPSA) is 21.3 Å². The van der Waals surface area contributed by atoms with Crippen LogP contribution in [0.15, 0.2) is 12.1 Å². The molecular weight excluding hydrogens is 266 g/mol. The van der Waals surface area contributed by atoms with Crippen molar-refractivity contribution < 1.29 is 4.74 Å². The zero-order valence-corrected chi connectivity index (χ0v) is 14.0. The first-order valence-corrected chi connectivity index (χ1v) is 8.71. The molecule has 112 valence electrons. The lowest BCUT2D eigenvalue weighted by Crippen LogP contribution is -2.22. The third-order valence-corrected chi connectivity index (χ3v) is 5.22. The molecule has 1 aromatic rings. The van der Waals surface area contributed by atoms with Gasteiger partial charge in [0.1, 0.15) is 0 Å². The summed E-state index contributed by atoms with van der Waals surface area (Å²) in [5, 5.41) is 3.48. The van der Waals surface area contributed by atoms with Crippen LogP contribution in [0.1, 0.15) is 41.1 Å². The van der Waals surface area contributed by atoms with E-state index >= 15 is 0 Å². The fraction of sp³-hybridized carbons (Fsp3) is 0.647. The molecule has 3 heteroatoms. The summed E-state index contributed by atoms with van der Waals surface area (Å²) in [7, 11) is 2.07. The maximum absolute atomic E-state index is 5.70. The van der Waals surface area contributed by atoms with Crippen LogP contribution in [0.5, 0.6) is 0 Å².